The molecule has 27 heavy (non-hydrogen) atoms. The molecule has 0 aliphatic rings. The highest BCUT2D eigenvalue weighted by Crippen LogP contribution is 2.29. The Morgan fingerprint density at radius 3 is 2.85 bits per heavy atom. The van der Waals surface area contributed by atoms with Gasteiger partial charge in [0.1, 0.15) is 0 Å². The van der Waals surface area contributed by atoms with E-state index in [1.165, 1.54) is 0 Å². The van der Waals surface area contributed by atoms with E-state index < -0.39 is 0 Å². The molecule has 2 rings (SSSR count). The van der Waals surface area contributed by atoms with Gasteiger partial charge in [0.05, 0.1) is 11.4 Å². The van der Waals surface area contributed by atoms with Crippen LogP contribution < -0.4 is 10.6 Å². The van der Waals surface area contributed by atoms with Crippen molar-refractivity contribution in [2.45, 2.75) is 25.2 Å². The fourth-order valence-corrected chi connectivity index (χ4v) is 3.39. The van der Waals surface area contributed by atoms with Gasteiger partial charge in [0, 0.05) is 35.8 Å². The second kappa shape index (κ2) is 10.3. The summed E-state index contributed by atoms with van der Waals surface area (Å²) in [6.07, 6.45) is 9.95. The maximum absolute atomic E-state index is 12.5. The number of amides is 1. The van der Waals surface area contributed by atoms with Gasteiger partial charge < -0.3 is 10.6 Å². The van der Waals surface area contributed by atoms with Crippen LogP contribution in [0, 0.1) is 6.92 Å². The third-order valence-electron chi connectivity index (χ3n) is 3.70. The highest BCUT2D eigenvalue weighted by atomic mass is 32.2. The molecule has 0 radical (unpaired) electrons. The number of carbonyl (C=O) groups is 1. The van der Waals surface area contributed by atoms with Crippen LogP contribution in [0.25, 0.3) is 0 Å². The molecule has 2 aromatic rings. The number of hydrogen-bond acceptors (Lipinski definition) is 6. The molecular formula is C19H24N6OS. The first-order valence-electron chi connectivity index (χ1n) is 8.56. The average Bonchev–Trinajstić information content (AvgIpc) is 3.11. The fraction of sp³-hybridized carbons (Fsp3) is 0.263. The molecule has 0 aromatic carbocycles. The van der Waals surface area contributed by atoms with Crippen molar-refractivity contribution in [3.8, 4) is 0 Å². The molecule has 8 heteroatoms. The monoisotopic (exact) mass is 384 g/mol. The molecule has 142 valence electrons. The van der Waals surface area contributed by atoms with Crippen molar-refractivity contribution in [2.24, 2.45) is 0 Å². The van der Waals surface area contributed by atoms with Crippen LogP contribution in [0.1, 0.15) is 29.5 Å². The first-order chi connectivity index (χ1) is 13.1. The van der Waals surface area contributed by atoms with Gasteiger partial charge in [0.15, 0.2) is 5.69 Å². The van der Waals surface area contributed by atoms with Crippen LogP contribution in [0.15, 0.2) is 59.4 Å². The third-order valence-corrected chi connectivity index (χ3v) is 4.79. The zero-order valence-electron chi connectivity index (χ0n) is 15.7. The molecule has 0 saturated carbocycles. The zero-order chi connectivity index (χ0) is 19.6. The molecule has 0 atom stereocenters. The minimum atomic E-state index is -0.293. The van der Waals surface area contributed by atoms with Gasteiger partial charge in [-0.1, -0.05) is 31.7 Å². The van der Waals surface area contributed by atoms with Gasteiger partial charge in [-0.05, 0) is 25.0 Å². The predicted molar refractivity (Wildman–Crippen MR) is 110 cm³/mol. The van der Waals surface area contributed by atoms with Crippen LogP contribution in [-0.2, 0) is 0 Å². The van der Waals surface area contributed by atoms with Crippen molar-refractivity contribution in [3.05, 3.63) is 65.9 Å². The number of allylic oxidation sites excluding steroid dienone is 4. The van der Waals surface area contributed by atoms with Crippen LogP contribution >= 0.6 is 11.8 Å². The van der Waals surface area contributed by atoms with Crippen molar-refractivity contribution < 1.29 is 4.79 Å². The van der Waals surface area contributed by atoms with E-state index in [9.17, 15) is 4.79 Å². The molecule has 0 fully saturated rings. The van der Waals surface area contributed by atoms with Crippen LogP contribution in [0.3, 0.4) is 0 Å². The molecule has 0 aliphatic carbocycles. The normalized spacial score (nSPS) is 12.0. The summed E-state index contributed by atoms with van der Waals surface area (Å²) >= 11 is 1.63. The van der Waals surface area contributed by atoms with Crippen LogP contribution in [-0.4, -0.2) is 39.1 Å². The number of aryl methyl sites for hydroxylation is 1. The van der Waals surface area contributed by atoms with Gasteiger partial charge in [0.2, 0.25) is 0 Å². The topological polar surface area (TPSA) is 95.6 Å². The van der Waals surface area contributed by atoms with E-state index in [-0.39, 0.29) is 11.6 Å². The van der Waals surface area contributed by atoms with Gasteiger partial charge in [-0.3, -0.25) is 9.78 Å². The van der Waals surface area contributed by atoms with E-state index >= 15 is 0 Å². The van der Waals surface area contributed by atoms with E-state index in [2.05, 4.69) is 37.6 Å². The highest BCUT2D eigenvalue weighted by molar-refractivity contribution is 7.99. The van der Waals surface area contributed by atoms with E-state index in [0.717, 1.165) is 28.3 Å². The molecule has 7 nitrogen and oxygen atoms in total. The lowest BCUT2D eigenvalue weighted by molar-refractivity contribution is 0.0961. The fourth-order valence-electron chi connectivity index (χ4n) is 2.36. The Balaban J connectivity index is 2.19. The lowest BCUT2D eigenvalue weighted by Crippen LogP contribution is -2.25. The number of aromatic amines is 1. The molecule has 0 spiro atoms. The molecule has 1 amide bonds. The SMILES string of the molecule is C=C/C=C(CSc1cnccc1NC)\C(=C/CC)NC(=O)c1n[nH]nc1C. The number of anilines is 1. The number of rotatable bonds is 9. The summed E-state index contributed by atoms with van der Waals surface area (Å²) in [6, 6.07) is 1.93. The van der Waals surface area contributed by atoms with Gasteiger partial charge in [-0.15, -0.1) is 11.8 Å². The summed E-state index contributed by atoms with van der Waals surface area (Å²) < 4.78 is 0. The average molecular weight is 385 g/mol. The van der Waals surface area contributed by atoms with Crippen LogP contribution in [0.5, 0.6) is 0 Å². The number of aromatic nitrogens is 4. The predicted octanol–water partition coefficient (Wildman–Crippen LogP) is 3.48. The molecule has 0 unspecified atom stereocenters. The Hall–Kier alpha value is -2.87. The molecule has 0 aliphatic heterocycles. The van der Waals surface area contributed by atoms with Crippen molar-refractivity contribution in [1.82, 2.24) is 25.7 Å². The van der Waals surface area contributed by atoms with Crippen LogP contribution in [0.4, 0.5) is 5.69 Å². The number of pyridine rings is 1. The largest absolute Gasteiger partial charge is 0.387 e. The second-order valence-electron chi connectivity index (χ2n) is 5.58. The Morgan fingerprint density at radius 1 is 1.41 bits per heavy atom. The van der Waals surface area contributed by atoms with E-state index in [4.69, 9.17) is 0 Å². The maximum Gasteiger partial charge on any atom is 0.278 e. The summed E-state index contributed by atoms with van der Waals surface area (Å²) in [6.45, 7) is 7.55. The van der Waals surface area contributed by atoms with Crippen molar-refractivity contribution in [2.75, 3.05) is 18.1 Å². The van der Waals surface area contributed by atoms with Crippen LogP contribution in [0.2, 0.25) is 0 Å². The first-order valence-corrected chi connectivity index (χ1v) is 9.54. The van der Waals surface area contributed by atoms with Crippen molar-refractivity contribution >= 4 is 23.4 Å². The minimum Gasteiger partial charge on any atom is -0.387 e. The second-order valence-corrected chi connectivity index (χ2v) is 6.59. The standard InChI is InChI=1S/C19H24N6OS/c1-5-7-14(12-27-17-11-21-10-9-16(17)20-4)15(8-6-2)22-19(26)18-13(3)23-25-24-18/h5,7-11H,1,6,12H2,2-4H3,(H,20,21)(H,22,26)(H,23,24,25)/b14-7-,15-8+. The Kier molecular flexibility index (Phi) is 7.81. The van der Waals surface area contributed by atoms with Gasteiger partial charge in [-0.25, -0.2) is 0 Å². The minimum absolute atomic E-state index is 0.285. The quantitative estimate of drug-likeness (QED) is 0.452. The third kappa shape index (κ3) is 5.55. The molecule has 0 saturated heterocycles. The molecule has 3 N–H and O–H groups in total. The lowest BCUT2D eigenvalue weighted by atomic mass is 10.1. The first kappa shape index (κ1) is 20.4. The Bertz CT molecular complexity index is 855. The van der Waals surface area contributed by atoms with E-state index in [1.807, 2.05) is 38.4 Å². The summed E-state index contributed by atoms with van der Waals surface area (Å²) in [5.41, 5.74) is 3.55. The van der Waals surface area contributed by atoms with Crippen molar-refractivity contribution in [3.63, 3.8) is 0 Å². The molecule has 2 aromatic heterocycles. The summed E-state index contributed by atoms with van der Waals surface area (Å²) in [5.74, 6) is 0.356. The van der Waals surface area contributed by atoms with Gasteiger partial charge >= 0.3 is 0 Å². The Morgan fingerprint density at radius 2 is 2.22 bits per heavy atom. The molecular weight excluding hydrogens is 360 g/mol. The number of hydrogen-bond donors (Lipinski definition) is 3. The highest BCUT2D eigenvalue weighted by Gasteiger charge is 2.16. The zero-order valence-corrected chi connectivity index (χ0v) is 16.6. The summed E-state index contributed by atoms with van der Waals surface area (Å²) in [4.78, 5) is 17.8. The number of H-pyrrole nitrogens is 1. The molecule has 0 bridgehead atoms. The van der Waals surface area contributed by atoms with E-state index in [1.54, 1.807) is 31.0 Å². The lowest BCUT2D eigenvalue weighted by Gasteiger charge is -2.14. The van der Waals surface area contributed by atoms with Gasteiger partial charge in [-0.2, -0.15) is 15.4 Å². The van der Waals surface area contributed by atoms with Crippen molar-refractivity contribution in [1.29, 1.82) is 0 Å². The number of nitrogens with one attached hydrogen (secondary N) is 3. The van der Waals surface area contributed by atoms with E-state index in [0.29, 0.717) is 11.4 Å². The van der Waals surface area contributed by atoms with Gasteiger partial charge in [0.25, 0.3) is 5.91 Å². The molecule has 2 heterocycles. The maximum atomic E-state index is 12.5. The Labute approximate surface area is 163 Å². The summed E-state index contributed by atoms with van der Waals surface area (Å²) in [5, 5.41) is 16.4. The smallest absolute Gasteiger partial charge is 0.278 e. The number of nitrogens with zero attached hydrogens (tertiary/aromatic N) is 3. The summed E-state index contributed by atoms with van der Waals surface area (Å²) in [7, 11) is 1.88. The number of thioether (sulfide) groups is 1. The number of carbonyl (C=O) groups excluding carboxylic acids is 1.